The highest BCUT2D eigenvalue weighted by Gasteiger charge is 1.65. The van der Waals surface area contributed by atoms with Crippen molar-refractivity contribution in [2.75, 3.05) is 0 Å². The number of aliphatic carboxylic acids is 1. The molecular formula is C2H4O2. The first kappa shape index (κ1) is 3.47. The van der Waals surface area contributed by atoms with Crippen LogP contribution >= 0.6 is 0 Å². The SMILES string of the molecule is [12CH3]C(=O)O. The Labute approximate surface area is 24.1 Å². The van der Waals surface area contributed by atoms with E-state index in [9.17, 15) is 0 Å². The third-order valence-corrected chi connectivity index (χ3v) is 0. The first-order valence-corrected chi connectivity index (χ1v) is 0.928. The van der Waals surface area contributed by atoms with Gasteiger partial charge in [0, 0.05) is 6.92 Å². The van der Waals surface area contributed by atoms with Gasteiger partial charge in [0.15, 0.2) is 0 Å². The molecular weight excluding hydrogens is 56.0 g/mol. The van der Waals surface area contributed by atoms with Gasteiger partial charge in [-0.1, -0.05) is 0 Å². The van der Waals surface area contributed by atoms with Gasteiger partial charge < -0.3 is 5.11 Å². The molecule has 24 valence electrons. The molecule has 0 bridgehead atoms. The van der Waals surface area contributed by atoms with Crippen LogP contribution in [-0.2, 0) is 4.79 Å². The monoisotopic (exact) mass is 60.0 g/mol. The third kappa shape index (κ3) is 1.16. The first-order valence-electron chi connectivity index (χ1n) is 0.928. The number of rotatable bonds is 0. The van der Waals surface area contributed by atoms with Crippen molar-refractivity contribution in [3.8, 4) is 0 Å². The molecule has 0 aliphatic rings. The molecule has 0 unspecified atom stereocenters. The molecule has 0 saturated heterocycles. The molecule has 0 aliphatic heterocycles. The fourth-order valence-corrected chi connectivity index (χ4v) is 0. The molecule has 0 aliphatic carbocycles. The highest BCUT2D eigenvalue weighted by Crippen LogP contribution is 1.42. The first-order chi connectivity index (χ1) is 1.73. The molecule has 0 spiro atoms. The zero-order valence-corrected chi connectivity index (χ0v) is 2.36. The second kappa shape index (κ2) is 0.875. The molecule has 1 N–H and O–H groups in total. The molecule has 0 aromatic rings. The Morgan fingerprint density at radius 2 is 2.00 bits per heavy atom. The van der Waals surface area contributed by atoms with Crippen LogP contribution in [0.15, 0.2) is 0 Å². The number of hydrogen-bond acceptors (Lipinski definition) is 1. The van der Waals surface area contributed by atoms with Gasteiger partial charge in [0.1, 0.15) is 0 Å². The molecule has 0 aromatic heterocycles. The van der Waals surface area contributed by atoms with Gasteiger partial charge >= 0.3 is 0 Å². The molecule has 0 rings (SSSR count). The Bertz CT molecular complexity index is 27.0. The maximum Gasteiger partial charge on any atom is 0.300 e. The summed E-state index contributed by atoms with van der Waals surface area (Å²) in [4.78, 5) is 9.00. The maximum absolute atomic E-state index is 9.00. The van der Waals surface area contributed by atoms with Crippen molar-refractivity contribution in [3.05, 3.63) is 0 Å². The molecule has 0 saturated carbocycles. The zero-order valence-electron chi connectivity index (χ0n) is 2.36. The molecule has 4 heavy (non-hydrogen) atoms. The third-order valence-electron chi connectivity index (χ3n) is 0. The van der Waals surface area contributed by atoms with Crippen molar-refractivity contribution >= 4 is 5.97 Å². The van der Waals surface area contributed by atoms with Crippen molar-refractivity contribution in [2.45, 2.75) is 6.92 Å². The van der Waals surface area contributed by atoms with Gasteiger partial charge in [-0.25, -0.2) is 0 Å². The van der Waals surface area contributed by atoms with E-state index in [1.54, 1.807) is 0 Å². The Balaban J connectivity index is 2.80. The minimum absolute atomic E-state index is 0.833. The zero-order chi connectivity index (χ0) is 3.58. The van der Waals surface area contributed by atoms with E-state index in [4.69, 9.17) is 9.90 Å². The summed E-state index contributed by atoms with van der Waals surface area (Å²) in [6.45, 7) is 1.08. The molecule has 2 heteroatoms. The number of hydrogen-bond donors (Lipinski definition) is 1. The molecule has 0 heterocycles. The van der Waals surface area contributed by atoms with Crippen LogP contribution in [0.1, 0.15) is 6.92 Å². The molecule has 0 radical (unpaired) electrons. The van der Waals surface area contributed by atoms with Gasteiger partial charge in [-0.3, -0.25) is 4.79 Å². The van der Waals surface area contributed by atoms with Gasteiger partial charge in [-0.2, -0.15) is 0 Å². The number of carboxylic acids is 1. The largest absolute Gasteiger partial charge is 0.481 e. The van der Waals surface area contributed by atoms with Gasteiger partial charge in [0.25, 0.3) is 5.97 Å². The van der Waals surface area contributed by atoms with Crippen LogP contribution in [0.25, 0.3) is 0 Å². The standard InChI is InChI=1S/C2H4O2/c1-2(3)4/h1H3,(H,3,4)/i1+0. The van der Waals surface area contributed by atoms with Crippen LogP contribution in [-0.4, -0.2) is 11.1 Å². The van der Waals surface area contributed by atoms with Crippen LogP contribution in [0.5, 0.6) is 0 Å². The van der Waals surface area contributed by atoms with E-state index in [0.717, 1.165) is 6.92 Å². The Kier molecular flexibility index (Phi) is 0.759. The van der Waals surface area contributed by atoms with Gasteiger partial charge in [-0.15, -0.1) is 0 Å². The lowest BCUT2D eigenvalue weighted by Crippen LogP contribution is -1.78. The second-order valence-corrected chi connectivity index (χ2v) is 0.519. The summed E-state index contributed by atoms with van der Waals surface area (Å²) in [6, 6.07) is 0. The van der Waals surface area contributed by atoms with Crippen molar-refractivity contribution in [3.63, 3.8) is 0 Å². The quantitative estimate of drug-likeness (QED) is 0.430. The van der Waals surface area contributed by atoms with E-state index in [1.165, 1.54) is 0 Å². The molecule has 0 fully saturated rings. The average molecular weight is 60.0 g/mol. The molecule has 0 atom stereocenters. The van der Waals surface area contributed by atoms with Gasteiger partial charge in [0.05, 0.1) is 0 Å². The summed E-state index contributed by atoms with van der Waals surface area (Å²) in [5, 5.41) is 7.42. The van der Waals surface area contributed by atoms with Crippen molar-refractivity contribution in [2.24, 2.45) is 0 Å². The fourth-order valence-electron chi connectivity index (χ4n) is 0. The van der Waals surface area contributed by atoms with Gasteiger partial charge in [0.2, 0.25) is 0 Å². The van der Waals surface area contributed by atoms with E-state index in [-0.39, 0.29) is 0 Å². The molecule has 0 aromatic carbocycles. The van der Waals surface area contributed by atoms with Crippen molar-refractivity contribution in [1.29, 1.82) is 0 Å². The highest BCUT2D eigenvalue weighted by atomic mass is 16.4. The predicted octanol–water partition coefficient (Wildman–Crippen LogP) is 0.0909. The number of carbonyl (C=O) groups is 1. The summed E-state index contributed by atoms with van der Waals surface area (Å²) < 4.78 is 0. The van der Waals surface area contributed by atoms with Crippen LogP contribution in [0, 0.1) is 0 Å². The smallest absolute Gasteiger partial charge is 0.300 e. The lowest BCUT2D eigenvalue weighted by atomic mass is 10.9. The molecule has 2 nitrogen and oxygen atoms in total. The summed E-state index contributed by atoms with van der Waals surface area (Å²) >= 11 is 0. The topological polar surface area (TPSA) is 37.3 Å². The van der Waals surface area contributed by atoms with Crippen LogP contribution in [0.2, 0.25) is 0 Å². The average Bonchev–Trinajstić information content (AvgIpc) is 0.811. The second-order valence-electron chi connectivity index (χ2n) is 0.519. The Morgan fingerprint density at radius 3 is 2.00 bits per heavy atom. The van der Waals surface area contributed by atoms with Crippen molar-refractivity contribution < 1.29 is 9.90 Å². The normalized spacial score (nSPS) is 6.25. The van der Waals surface area contributed by atoms with Crippen LogP contribution in [0.4, 0.5) is 0 Å². The van der Waals surface area contributed by atoms with E-state index in [2.05, 4.69) is 0 Å². The summed E-state index contributed by atoms with van der Waals surface area (Å²) in [5.74, 6) is -0.833. The number of carboxylic acid groups (broad SMARTS) is 1. The Hall–Kier alpha value is -0.530. The summed E-state index contributed by atoms with van der Waals surface area (Å²) in [5.41, 5.74) is 0. The summed E-state index contributed by atoms with van der Waals surface area (Å²) in [6.07, 6.45) is 0. The van der Waals surface area contributed by atoms with E-state index >= 15 is 0 Å². The highest BCUT2D eigenvalue weighted by molar-refractivity contribution is 5.62. The molecule has 0 amide bonds. The Morgan fingerprint density at radius 1 is 2.00 bits per heavy atom. The van der Waals surface area contributed by atoms with E-state index < -0.39 is 5.97 Å². The minimum atomic E-state index is -0.833. The summed E-state index contributed by atoms with van der Waals surface area (Å²) in [7, 11) is 0. The van der Waals surface area contributed by atoms with Crippen LogP contribution in [0.3, 0.4) is 0 Å². The lowest BCUT2D eigenvalue weighted by Gasteiger charge is -1.59. The van der Waals surface area contributed by atoms with Gasteiger partial charge in [-0.05, 0) is 0 Å². The maximum atomic E-state index is 9.00. The minimum Gasteiger partial charge on any atom is -0.481 e. The van der Waals surface area contributed by atoms with Crippen LogP contribution < -0.4 is 0 Å². The van der Waals surface area contributed by atoms with E-state index in [0.29, 0.717) is 0 Å². The van der Waals surface area contributed by atoms with E-state index in [1.807, 2.05) is 0 Å². The predicted molar refractivity (Wildman–Crippen MR) is 13.3 cm³/mol. The lowest BCUT2D eigenvalue weighted by molar-refractivity contribution is -0.134. The van der Waals surface area contributed by atoms with Crippen molar-refractivity contribution in [1.82, 2.24) is 0 Å². The fraction of sp³-hybridized carbons (Fsp3) is 0.500.